The highest BCUT2D eigenvalue weighted by atomic mass is 32.2. The Morgan fingerprint density at radius 2 is 1.74 bits per heavy atom. The van der Waals surface area contributed by atoms with Crippen LogP contribution in [0, 0.1) is 5.82 Å². The Morgan fingerprint density at radius 1 is 1.09 bits per heavy atom. The van der Waals surface area contributed by atoms with Crippen molar-refractivity contribution >= 4 is 27.5 Å². The van der Waals surface area contributed by atoms with E-state index in [0.29, 0.717) is 18.7 Å². The van der Waals surface area contributed by atoms with E-state index < -0.39 is 21.9 Å². The Labute approximate surface area is 207 Å². The SMILES string of the molecule is CCNC(=O)C(CC)N(Cc1ccc(OC)cc1)C(=O)CCCN(c1ccccc1F)S(C)(=O)=O. The normalized spacial score (nSPS) is 12.0. The molecule has 0 aliphatic heterocycles. The molecule has 0 saturated carbocycles. The Kier molecular flexibility index (Phi) is 10.5. The van der Waals surface area contributed by atoms with Gasteiger partial charge in [0.15, 0.2) is 0 Å². The molecule has 2 amide bonds. The van der Waals surface area contributed by atoms with Crippen molar-refractivity contribution in [2.75, 3.05) is 30.8 Å². The first-order valence-corrected chi connectivity index (χ1v) is 13.4. The van der Waals surface area contributed by atoms with Crippen molar-refractivity contribution in [3.8, 4) is 5.75 Å². The number of carbonyl (C=O) groups is 2. The van der Waals surface area contributed by atoms with Crippen molar-refractivity contribution in [1.29, 1.82) is 0 Å². The molecule has 192 valence electrons. The molecule has 1 unspecified atom stereocenters. The van der Waals surface area contributed by atoms with E-state index in [4.69, 9.17) is 4.74 Å². The number of nitrogens with one attached hydrogen (secondary N) is 1. The number of anilines is 1. The zero-order chi connectivity index (χ0) is 26.0. The van der Waals surface area contributed by atoms with E-state index >= 15 is 0 Å². The summed E-state index contributed by atoms with van der Waals surface area (Å²) in [6.45, 7) is 4.22. The molecule has 0 heterocycles. The van der Waals surface area contributed by atoms with E-state index in [0.717, 1.165) is 16.1 Å². The molecule has 10 heteroatoms. The third-order valence-corrected chi connectivity index (χ3v) is 6.70. The van der Waals surface area contributed by atoms with Gasteiger partial charge in [-0.3, -0.25) is 13.9 Å². The molecule has 0 saturated heterocycles. The Balaban J connectivity index is 2.21. The molecule has 1 atom stereocenters. The predicted molar refractivity (Wildman–Crippen MR) is 134 cm³/mol. The number of rotatable bonds is 13. The van der Waals surface area contributed by atoms with Gasteiger partial charge in [0.1, 0.15) is 17.6 Å². The van der Waals surface area contributed by atoms with Crippen LogP contribution in [0.25, 0.3) is 0 Å². The third kappa shape index (κ3) is 7.95. The number of likely N-dealkylation sites (N-methyl/N-ethyl adjacent to an activating group) is 1. The van der Waals surface area contributed by atoms with Gasteiger partial charge < -0.3 is 15.0 Å². The Hall–Kier alpha value is -3.14. The molecule has 2 aromatic rings. The predicted octanol–water partition coefficient (Wildman–Crippen LogP) is 3.32. The average molecular weight is 508 g/mol. The zero-order valence-corrected chi connectivity index (χ0v) is 21.5. The standard InChI is InChI=1S/C25H34FN3O5S/c1-5-22(25(31)27-6-2)28(18-19-13-15-20(34-3)16-14-19)24(30)12-9-17-29(35(4,32)33)23-11-8-7-10-21(23)26/h7-8,10-11,13-16,22H,5-6,9,12,17-18H2,1-4H3,(H,27,31). The van der Waals surface area contributed by atoms with Crippen LogP contribution in [-0.4, -0.2) is 57.6 Å². The van der Waals surface area contributed by atoms with Crippen LogP contribution in [0.15, 0.2) is 48.5 Å². The first kappa shape index (κ1) is 28.1. The Morgan fingerprint density at radius 3 is 2.29 bits per heavy atom. The van der Waals surface area contributed by atoms with E-state index in [1.807, 2.05) is 26.0 Å². The van der Waals surface area contributed by atoms with E-state index in [2.05, 4.69) is 5.32 Å². The van der Waals surface area contributed by atoms with Crippen LogP contribution < -0.4 is 14.4 Å². The molecule has 35 heavy (non-hydrogen) atoms. The summed E-state index contributed by atoms with van der Waals surface area (Å²) in [5.74, 6) is -0.522. The first-order valence-electron chi connectivity index (χ1n) is 11.5. The number of hydrogen-bond acceptors (Lipinski definition) is 5. The summed E-state index contributed by atoms with van der Waals surface area (Å²) in [6, 6.07) is 12.1. The number of hydrogen-bond donors (Lipinski definition) is 1. The number of amides is 2. The number of nitrogens with zero attached hydrogens (tertiary/aromatic N) is 2. The second-order valence-corrected chi connectivity index (χ2v) is 9.99. The molecule has 0 aromatic heterocycles. The van der Waals surface area contributed by atoms with E-state index in [1.54, 1.807) is 25.3 Å². The van der Waals surface area contributed by atoms with Crippen molar-refractivity contribution in [3.63, 3.8) is 0 Å². The summed E-state index contributed by atoms with van der Waals surface area (Å²) in [4.78, 5) is 27.5. The molecular formula is C25H34FN3O5S. The smallest absolute Gasteiger partial charge is 0.242 e. The lowest BCUT2D eigenvalue weighted by atomic mass is 10.1. The van der Waals surface area contributed by atoms with Gasteiger partial charge in [0.05, 0.1) is 19.1 Å². The van der Waals surface area contributed by atoms with Crippen LogP contribution >= 0.6 is 0 Å². The van der Waals surface area contributed by atoms with Gasteiger partial charge in [-0.05, 0) is 49.6 Å². The van der Waals surface area contributed by atoms with Gasteiger partial charge in [-0.2, -0.15) is 0 Å². The minimum Gasteiger partial charge on any atom is -0.497 e. The summed E-state index contributed by atoms with van der Waals surface area (Å²) < 4.78 is 45.0. The zero-order valence-electron chi connectivity index (χ0n) is 20.7. The quantitative estimate of drug-likeness (QED) is 0.449. The molecule has 0 aliphatic carbocycles. The van der Waals surface area contributed by atoms with Crippen LogP contribution in [0.3, 0.4) is 0 Å². The van der Waals surface area contributed by atoms with Crippen LogP contribution in [0.1, 0.15) is 38.7 Å². The number of ether oxygens (including phenoxy) is 1. The lowest BCUT2D eigenvalue weighted by molar-refractivity contribution is -0.141. The van der Waals surface area contributed by atoms with Gasteiger partial charge in [-0.1, -0.05) is 31.2 Å². The van der Waals surface area contributed by atoms with Crippen molar-refractivity contribution in [1.82, 2.24) is 10.2 Å². The second kappa shape index (κ2) is 13.1. The number of methoxy groups -OCH3 is 1. The molecule has 0 aliphatic rings. The maximum absolute atomic E-state index is 14.3. The largest absolute Gasteiger partial charge is 0.497 e. The highest BCUT2D eigenvalue weighted by molar-refractivity contribution is 7.92. The monoisotopic (exact) mass is 507 g/mol. The topological polar surface area (TPSA) is 96.0 Å². The van der Waals surface area contributed by atoms with Gasteiger partial charge in [-0.25, -0.2) is 12.8 Å². The second-order valence-electron chi connectivity index (χ2n) is 8.08. The lowest BCUT2D eigenvalue weighted by Gasteiger charge is -2.31. The van der Waals surface area contributed by atoms with Crippen LogP contribution in [0.5, 0.6) is 5.75 Å². The molecule has 0 bridgehead atoms. The molecule has 8 nitrogen and oxygen atoms in total. The number of sulfonamides is 1. The van der Waals surface area contributed by atoms with Crippen molar-refractivity contribution in [2.45, 2.75) is 45.7 Å². The highest BCUT2D eigenvalue weighted by Crippen LogP contribution is 2.23. The van der Waals surface area contributed by atoms with Crippen LogP contribution in [0.4, 0.5) is 10.1 Å². The van der Waals surface area contributed by atoms with Gasteiger partial charge in [0, 0.05) is 26.1 Å². The maximum atomic E-state index is 14.3. The van der Waals surface area contributed by atoms with Crippen molar-refractivity contribution < 1.29 is 27.1 Å². The fourth-order valence-corrected chi connectivity index (χ4v) is 4.74. The van der Waals surface area contributed by atoms with E-state index in [1.165, 1.54) is 23.1 Å². The fraction of sp³-hybridized carbons (Fsp3) is 0.440. The third-order valence-electron chi connectivity index (χ3n) is 5.52. The summed E-state index contributed by atoms with van der Waals surface area (Å²) in [6.07, 6.45) is 1.57. The fourth-order valence-electron chi connectivity index (χ4n) is 3.78. The summed E-state index contributed by atoms with van der Waals surface area (Å²) >= 11 is 0. The lowest BCUT2D eigenvalue weighted by Crippen LogP contribution is -2.49. The number of carbonyl (C=O) groups excluding carboxylic acids is 2. The van der Waals surface area contributed by atoms with Gasteiger partial charge in [-0.15, -0.1) is 0 Å². The van der Waals surface area contributed by atoms with Crippen molar-refractivity contribution in [3.05, 3.63) is 59.9 Å². The molecule has 0 radical (unpaired) electrons. The summed E-state index contributed by atoms with van der Waals surface area (Å²) in [7, 11) is -2.20. The number of halogens is 1. The van der Waals surface area contributed by atoms with Crippen molar-refractivity contribution in [2.24, 2.45) is 0 Å². The molecule has 0 fully saturated rings. The molecule has 2 aromatic carbocycles. The Bertz CT molecular complexity index is 1090. The van der Waals surface area contributed by atoms with Crippen LogP contribution in [0.2, 0.25) is 0 Å². The first-order chi connectivity index (χ1) is 16.6. The molecule has 0 spiro atoms. The average Bonchev–Trinajstić information content (AvgIpc) is 2.82. The number of benzene rings is 2. The molecular weight excluding hydrogens is 473 g/mol. The van der Waals surface area contributed by atoms with Gasteiger partial charge >= 0.3 is 0 Å². The van der Waals surface area contributed by atoms with E-state index in [9.17, 15) is 22.4 Å². The maximum Gasteiger partial charge on any atom is 0.242 e. The number of para-hydroxylation sites is 1. The molecule has 1 N–H and O–H groups in total. The summed E-state index contributed by atoms with van der Waals surface area (Å²) in [5, 5.41) is 2.78. The minimum atomic E-state index is -3.76. The van der Waals surface area contributed by atoms with Gasteiger partial charge in [0.2, 0.25) is 21.8 Å². The highest BCUT2D eigenvalue weighted by Gasteiger charge is 2.28. The van der Waals surface area contributed by atoms with Gasteiger partial charge in [0.25, 0.3) is 0 Å². The van der Waals surface area contributed by atoms with Crippen LogP contribution in [-0.2, 0) is 26.2 Å². The molecule has 2 rings (SSSR count). The summed E-state index contributed by atoms with van der Waals surface area (Å²) in [5.41, 5.74) is 0.761. The van der Waals surface area contributed by atoms with E-state index in [-0.39, 0.29) is 43.4 Å². The minimum absolute atomic E-state index is 0.00741.